The number of nitrogens with two attached hydrogens (primary N) is 1. The Bertz CT molecular complexity index is 1130. The average molecular weight is 366 g/mol. The molecule has 0 aromatic heterocycles. The van der Waals surface area contributed by atoms with Crippen LogP contribution < -0.4 is 10.5 Å². The molecule has 6 heteroatoms. The van der Waals surface area contributed by atoms with Crippen LogP contribution in [0.3, 0.4) is 0 Å². The molecule has 0 amide bonds. The third-order valence-electron chi connectivity index (χ3n) is 4.66. The third kappa shape index (κ3) is 2.77. The molecule has 4 rings (SSSR count). The molecule has 1 atom stereocenters. The normalized spacial score (nSPS) is 16.6. The molecule has 27 heavy (non-hydrogen) atoms. The van der Waals surface area contributed by atoms with Crippen LogP contribution in [0.2, 0.25) is 0 Å². The summed E-state index contributed by atoms with van der Waals surface area (Å²) in [6.07, 6.45) is -4.48. The minimum absolute atomic E-state index is 0.0947. The van der Waals surface area contributed by atoms with Gasteiger partial charge < -0.3 is 10.5 Å². The predicted octanol–water partition coefficient (Wildman–Crippen LogP) is 5.08. The number of hydrogen-bond acceptors (Lipinski definition) is 3. The van der Waals surface area contributed by atoms with Crippen LogP contribution in [0.25, 0.3) is 10.8 Å². The quantitative estimate of drug-likeness (QED) is 0.654. The molecule has 1 unspecified atom stereocenters. The van der Waals surface area contributed by atoms with Crippen LogP contribution in [0.15, 0.2) is 72.1 Å². The number of rotatable bonds is 1. The zero-order chi connectivity index (χ0) is 19.2. The molecule has 3 aromatic carbocycles. The Morgan fingerprint density at radius 3 is 2.52 bits per heavy atom. The van der Waals surface area contributed by atoms with Gasteiger partial charge in [-0.3, -0.25) is 0 Å². The second-order valence-corrected chi connectivity index (χ2v) is 6.25. The van der Waals surface area contributed by atoms with Crippen molar-refractivity contribution in [3.63, 3.8) is 0 Å². The maximum absolute atomic E-state index is 13.2. The molecule has 0 bridgehead atoms. The van der Waals surface area contributed by atoms with Gasteiger partial charge in [-0.05, 0) is 28.5 Å². The second-order valence-electron chi connectivity index (χ2n) is 6.25. The number of benzene rings is 3. The fourth-order valence-corrected chi connectivity index (χ4v) is 3.47. The van der Waals surface area contributed by atoms with Gasteiger partial charge in [-0.2, -0.15) is 18.4 Å². The van der Waals surface area contributed by atoms with Gasteiger partial charge in [0.15, 0.2) is 0 Å². The third-order valence-corrected chi connectivity index (χ3v) is 4.66. The van der Waals surface area contributed by atoms with Crippen molar-refractivity contribution in [2.24, 2.45) is 5.73 Å². The monoisotopic (exact) mass is 366 g/mol. The van der Waals surface area contributed by atoms with Gasteiger partial charge >= 0.3 is 6.18 Å². The van der Waals surface area contributed by atoms with Crippen molar-refractivity contribution in [3.8, 4) is 11.8 Å². The summed E-state index contributed by atoms with van der Waals surface area (Å²) in [6.45, 7) is 0. The molecule has 0 saturated heterocycles. The van der Waals surface area contributed by atoms with E-state index in [1.54, 1.807) is 12.1 Å². The van der Waals surface area contributed by atoms with Gasteiger partial charge in [0.25, 0.3) is 0 Å². The molecule has 1 aliphatic heterocycles. The van der Waals surface area contributed by atoms with Crippen LogP contribution in [0.1, 0.15) is 22.6 Å². The molecule has 134 valence electrons. The van der Waals surface area contributed by atoms with Gasteiger partial charge in [0, 0.05) is 5.56 Å². The summed E-state index contributed by atoms with van der Waals surface area (Å²) in [5.74, 6) is -0.401. The maximum Gasteiger partial charge on any atom is 0.416 e. The minimum Gasteiger partial charge on any atom is -0.440 e. The van der Waals surface area contributed by atoms with Crippen molar-refractivity contribution in [2.45, 2.75) is 12.1 Å². The average Bonchev–Trinajstić information content (AvgIpc) is 2.66. The van der Waals surface area contributed by atoms with Gasteiger partial charge in [-0.15, -0.1) is 0 Å². The van der Waals surface area contributed by atoms with E-state index >= 15 is 0 Å². The molecule has 0 aliphatic carbocycles. The van der Waals surface area contributed by atoms with Gasteiger partial charge in [-0.25, -0.2) is 0 Å². The lowest BCUT2D eigenvalue weighted by Crippen LogP contribution is -2.21. The summed E-state index contributed by atoms with van der Waals surface area (Å²) in [4.78, 5) is 0. The van der Waals surface area contributed by atoms with E-state index < -0.39 is 17.7 Å². The van der Waals surface area contributed by atoms with Crippen molar-refractivity contribution in [1.82, 2.24) is 0 Å². The molecule has 0 radical (unpaired) electrons. The van der Waals surface area contributed by atoms with Crippen molar-refractivity contribution < 1.29 is 17.9 Å². The summed E-state index contributed by atoms with van der Waals surface area (Å²) >= 11 is 0. The Balaban J connectivity index is 2.03. The fourth-order valence-electron chi connectivity index (χ4n) is 3.47. The van der Waals surface area contributed by atoms with Crippen molar-refractivity contribution in [1.29, 1.82) is 5.26 Å². The first-order valence-corrected chi connectivity index (χ1v) is 8.16. The number of fused-ring (bicyclic) bond motifs is 3. The Morgan fingerprint density at radius 1 is 1.00 bits per heavy atom. The van der Waals surface area contributed by atoms with Crippen LogP contribution >= 0.6 is 0 Å². The number of halogens is 3. The Morgan fingerprint density at radius 2 is 1.78 bits per heavy atom. The van der Waals surface area contributed by atoms with Crippen LogP contribution in [0, 0.1) is 11.3 Å². The SMILES string of the molecule is N#CC1=C(N)Oc2ccc3ccccc3c2C1c1cccc(C(F)(F)F)c1. The van der Waals surface area contributed by atoms with E-state index in [1.165, 1.54) is 6.07 Å². The summed E-state index contributed by atoms with van der Waals surface area (Å²) in [7, 11) is 0. The Labute approximate surface area is 153 Å². The van der Waals surface area contributed by atoms with Crippen LogP contribution in [-0.4, -0.2) is 0 Å². The number of nitriles is 1. The van der Waals surface area contributed by atoms with E-state index in [4.69, 9.17) is 10.5 Å². The van der Waals surface area contributed by atoms with E-state index in [-0.39, 0.29) is 11.5 Å². The van der Waals surface area contributed by atoms with Gasteiger partial charge in [0.2, 0.25) is 5.88 Å². The molecular weight excluding hydrogens is 353 g/mol. The predicted molar refractivity (Wildman–Crippen MR) is 94.7 cm³/mol. The van der Waals surface area contributed by atoms with Crippen LogP contribution in [0.5, 0.6) is 5.75 Å². The molecular formula is C21H13F3N2O. The highest BCUT2D eigenvalue weighted by atomic mass is 19.4. The largest absolute Gasteiger partial charge is 0.440 e. The molecule has 0 saturated carbocycles. The van der Waals surface area contributed by atoms with Gasteiger partial charge in [0.1, 0.15) is 17.4 Å². The molecule has 1 aliphatic rings. The van der Waals surface area contributed by atoms with Crippen molar-refractivity contribution in [2.75, 3.05) is 0 Å². The number of hydrogen-bond donors (Lipinski definition) is 1. The summed E-state index contributed by atoms with van der Waals surface area (Å²) in [5, 5.41) is 11.3. The molecule has 3 aromatic rings. The number of ether oxygens (including phenoxy) is 1. The Kier molecular flexibility index (Phi) is 3.81. The van der Waals surface area contributed by atoms with Gasteiger partial charge in [0.05, 0.1) is 11.5 Å². The molecule has 2 N–H and O–H groups in total. The molecule has 0 fully saturated rings. The van der Waals surface area contributed by atoms with E-state index in [1.807, 2.05) is 36.4 Å². The second kappa shape index (κ2) is 6.06. The van der Waals surface area contributed by atoms with Crippen molar-refractivity contribution >= 4 is 10.8 Å². The standard InChI is InChI=1S/C21H13F3N2O/c22-21(23,24)14-6-3-5-13(10-14)18-16(11-25)20(26)27-17-9-8-12-4-1-2-7-15(12)19(17)18/h1-10,18H,26H2. The molecule has 1 heterocycles. The smallest absolute Gasteiger partial charge is 0.416 e. The highest BCUT2D eigenvalue weighted by Crippen LogP contribution is 2.46. The maximum atomic E-state index is 13.2. The number of allylic oxidation sites excluding steroid dienone is 1. The summed E-state index contributed by atoms with van der Waals surface area (Å²) < 4.78 is 45.2. The van der Waals surface area contributed by atoms with E-state index in [0.717, 1.165) is 22.9 Å². The first-order chi connectivity index (χ1) is 12.9. The first-order valence-electron chi connectivity index (χ1n) is 8.16. The van der Waals surface area contributed by atoms with Gasteiger partial charge in [-0.1, -0.05) is 48.5 Å². The molecule has 0 spiro atoms. The lowest BCUT2D eigenvalue weighted by atomic mass is 9.80. The molecule has 3 nitrogen and oxygen atoms in total. The summed E-state index contributed by atoms with van der Waals surface area (Å²) in [5.41, 5.74) is 6.21. The summed E-state index contributed by atoms with van der Waals surface area (Å²) in [6, 6.07) is 18.0. The topological polar surface area (TPSA) is 59.0 Å². The van der Waals surface area contributed by atoms with E-state index in [0.29, 0.717) is 16.9 Å². The number of nitrogens with zero attached hydrogens (tertiary/aromatic N) is 1. The van der Waals surface area contributed by atoms with Crippen molar-refractivity contribution in [3.05, 3.63) is 88.8 Å². The van der Waals surface area contributed by atoms with E-state index in [9.17, 15) is 18.4 Å². The lowest BCUT2D eigenvalue weighted by Gasteiger charge is -2.28. The van der Waals surface area contributed by atoms with Crippen LogP contribution in [-0.2, 0) is 6.18 Å². The minimum atomic E-state index is -4.48. The fraction of sp³-hybridized carbons (Fsp3) is 0.0952. The zero-order valence-electron chi connectivity index (χ0n) is 13.9. The zero-order valence-corrected chi connectivity index (χ0v) is 13.9. The first kappa shape index (κ1) is 17.0. The Hall–Kier alpha value is -3.46. The van der Waals surface area contributed by atoms with E-state index in [2.05, 4.69) is 0 Å². The lowest BCUT2D eigenvalue weighted by molar-refractivity contribution is -0.137. The highest BCUT2D eigenvalue weighted by Gasteiger charge is 2.35. The highest BCUT2D eigenvalue weighted by molar-refractivity contribution is 5.90. The van der Waals surface area contributed by atoms with Crippen LogP contribution in [0.4, 0.5) is 13.2 Å². The number of alkyl halides is 3.